The van der Waals surface area contributed by atoms with Crippen molar-refractivity contribution in [1.82, 2.24) is 20.2 Å². The van der Waals surface area contributed by atoms with Crippen molar-refractivity contribution in [2.24, 2.45) is 5.84 Å². The Balaban J connectivity index is 2.56. The number of amides is 1. The molecule has 0 radical (unpaired) electrons. The van der Waals surface area contributed by atoms with Crippen molar-refractivity contribution in [3.8, 4) is 11.4 Å². The minimum Gasteiger partial charge on any atom is -0.383 e. The number of rotatable bonds is 5. The zero-order valence-corrected chi connectivity index (χ0v) is 11.4. The number of nitrogens with one attached hydrogen (secondary N) is 1. The first-order valence-corrected chi connectivity index (χ1v) is 6.21. The van der Waals surface area contributed by atoms with E-state index < -0.39 is 11.5 Å². The number of hydrazine groups is 1. The van der Waals surface area contributed by atoms with E-state index in [2.05, 4.69) is 10.1 Å². The minimum absolute atomic E-state index is 0.0933. The summed E-state index contributed by atoms with van der Waals surface area (Å²) in [6.07, 6.45) is 1.60. The highest BCUT2D eigenvalue weighted by Crippen LogP contribution is 2.12. The number of nitrogen functional groups attached to an aromatic ring is 1. The average molecular weight is 289 g/mol. The maximum atomic E-state index is 12.2. The van der Waals surface area contributed by atoms with E-state index in [1.165, 1.54) is 13.2 Å². The van der Waals surface area contributed by atoms with Gasteiger partial charge in [0.2, 0.25) is 0 Å². The molecule has 0 saturated carbocycles. The van der Waals surface area contributed by atoms with Gasteiger partial charge in [0.1, 0.15) is 11.3 Å². The highest BCUT2D eigenvalue weighted by Gasteiger charge is 2.15. The molecule has 8 heteroatoms. The van der Waals surface area contributed by atoms with Crippen LogP contribution in [0, 0.1) is 0 Å². The van der Waals surface area contributed by atoms with E-state index in [-0.39, 0.29) is 12.1 Å². The molecule has 2 aromatic rings. The molecule has 0 bridgehead atoms. The van der Waals surface area contributed by atoms with Gasteiger partial charge in [-0.3, -0.25) is 20.0 Å². The number of carbonyl (C=O) groups excluding carboxylic acids is 1. The summed E-state index contributed by atoms with van der Waals surface area (Å²) < 4.78 is 6.10. The third-order valence-electron chi connectivity index (χ3n) is 2.78. The number of pyridine rings is 1. The van der Waals surface area contributed by atoms with Crippen LogP contribution in [0.1, 0.15) is 10.4 Å². The molecule has 0 aliphatic heterocycles. The molecule has 0 saturated heterocycles. The first kappa shape index (κ1) is 14.8. The fourth-order valence-electron chi connectivity index (χ4n) is 1.75. The van der Waals surface area contributed by atoms with Gasteiger partial charge in [-0.05, 0) is 18.2 Å². The first-order valence-electron chi connectivity index (χ1n) is 6.21. The van der Waals surface area contributed by atoms with Gasteiger partial charge >= 0.3 is 0 Å². The number of carbonyl (C=O) groups is 1. The van der Waals surface area contributed by atoms with Crippen LogP contribution in [0.2, 0.25) is 0 Å². The van der Waals surface area contributed by atoms with E-state index >= 15 is 0 Å². The SMILES string of the molecule is COCCn1nc(-c2ccccn2)cc(C(=O)NN)c1=O. The molecule has 0 unspecified atom stereocenters. The van der Waals surface area contributed by atoms with Crippen molar-refractivity contribution in [2.75, 3.05) is 13.7 Å². The van der Waals surface area contributed by atoms with E-state index in [0.29, 0.717) is 18.0 Å². The van der Waals surface area contributed by atoms with Crippen LogP contribution in [0.4, 0.5) is 0 Å². The molecule has 8 nitrogen and oxygen atoms in total. The maximum absolute atomic E-state index is 12.2. The Hall–Kier alpha value is -2.58. The Bertz CT molecular complexity index is 684. The Morgan fingerprint density at radius 1 is 1.43 bits per heavy atom. The molecular formula is C13H15N5O3. The van der Waals surface area contributed by atoms with Gasteiger partial charge in [-0.2, -0.15) is 5.10 Å². The van der Waals surface area contributed by atoms with Crippen molar-refractivity contribution >= 4 is 5.91 Å². The summed E-state index contributed by atoms with van der Waals surface area (Å²) in [7, 11) is 1.52. The van der Waals surface area contributed by atoms with E-state index in [1.54, 1.807) is 24.4 Å². The summed E-state index contributed by atoms with van der Waals surface area (Å²) in [5, 5.41) is 4.20. The van der Waals surface area contributed by atoms with Crippen LogP contribution in [0.25, 0.3) is 11.4 Å². The molecule has 110 valence electrons. The van der Waals surface area contributed by atoms with Gasteiger partial charge in [0.05, 0.1) is 18.8 Å². The van der Waals surface area contributed by atoms with Crippen molar-refractivity contribution in [2.45, 2.75) is 6.54 Å². The van der Waals surface area contributed by atoms with Crippen LogP contribution in [0.5, 0.6) is 0 Å². The van der Waals surface area contributed by atoms with E-state index in [1.807, 2.05) is 5.43 Å². The molecule has 21 heavy (non-hydrogen) atoms. The largest absolute Gasteiger partial charge is 0.383 e. The van der Waals surface area contributed by atoms with E-state index in [9.17, 15) is 9.59 Å². The topological polar surface area (TPSA) is 112 Å². The van der Waals surface area contributed by atoms with Gasteiger partial charge in [-0.15, -0.1) is 0 Å². The van der Waals surface area contributed by atoms with Crippen molar-refractivity contribution in [1.29, 1.82) is 0 Å². The Morgan fingerprint density at radius 2 is 2.24 bits per heavy atom. The maximum Gasteiger partial charge on any atom is 0.279 e. The number of ether oxygens (including phenoxy) is 1. The molecule has 0 aromatic carbocycles. The van der Waals surface area contributed by atoms with E-state index in [0.717, 1.165) is 4.68 Å². The second-order valence-electron chi connectivity index (χ2n) is 4.15. The fraction of sp³-hybridized carbons (Fsp3) is 0.231. The quantitative estimate of drug-likeness (QED) is 0.438. The van der Waals surface area contributed by atoms with Crippen molar-refractivity contribution < 1.29 is 9.53 Å². The molecule has 2 aromatic heterocycles. The summed E-state index contributed by atoms with van der Waals surface area (Å²) in [6.45, 7) is 0.517. The molecule has 0 aliphatic rings. The molecule has 2 heterocycles. The third-order valence-corrected chi connectivity index (χ3v) is 2.78. The molecule has 1 amide bonds. The molecule has 0 aliphatic carbocycles. The molecule has 0 atom stereocenters. The van der Waals surface area contributed by atoms with Gasteiger partial charge in [-0.25, -0.2) is 10.5 Å². The monoisotopic (exact) mass is 289 g/mol. The number of methoxy groups -OCH3 is 1. The van der Waals surface area contributed by atoms with E-state index in [4.69, 9.17) is 10.6 Å². The predicted molar refractivity (Wildman–Crippen MR) is 75.3 cm³/mol. The molecular weight excluding hydrogens is 274 g/mol. The van der Waals surface area contributed by atoms with Crippen LogP contribution in [0.3, 0.4) is 0 Å². The van der Waals surface area contributed by atoms with Gasteiger partial charge in [-0.1, -0.05) is 6.07 Å². The summed E-state index contributed by atoms with van der Waals surface area (Å²) in [4.78, 5) is 28.0. The molecule has 0 fully saturated rings. The number of hydrogen-bond acceptors (Lipinski definition) is 6. The van der Waals surface area contributed by atoms with Gasteiger partial charge in [0, 0.05) is 13.3 Å². The van der Waals surface area contributed by atoms with Gasteiger partial charge < -0.3 is 4.74 Å². The number of nitrogens with zero attached hydrogens (tertiary/aromatic N) is 3. The number of nitrogens with two attached hydrogens (primary N) is 1. The highest BCUT2D eigenvalue weighted by atomic mass is 16.5. The zero-order valence-electron chi connectivity index (χ0n) is 11.4. The van der Waals surface area contributed by atoms with Crippen LogP contribution in [0.15, 0.2) is 35.3 Å². The normalized spacial score (nSPS) is 10.4. The standard InChI is InChI=1S/C13H15N5O3/c1-21-7-6-18-13(20)9(12(19)16-14)8-11(17-18)10-4-2-3-5-15-10/h2-5,8H,6-7,14H2,1H3,(H,16,19). The predicted octanol–water partition coefficient (Wildman–Crippen LogP) is -0.445. The summed E-state index contributed by atoms with van der Waals surface area (Å²) in [5.41, 5.74) is 2.28. The molecule has 2 rings (SSSR count). The lowest BCUT2D eigenvalue weighted by Crippen LogP contribution is -2.38. The number of aromatic nitrogens is 3. The second-order valence-corrected chi connectivity index (χ2v) is 4.15. The molecule has 3 N–H and O–H groups in total. The third kappa shape index (κ3) is 3.30. The van der Waals surface area contributed by atoms with Crippen molar-refractivity contribution in [3.63, 3.8) is 0 Å². The van der Waals surface area contributed by atoms with Crippen molar-refractivity contribution in [3.05, 3.63) is 46.4 Å². The lowest BCUT2D eigenvalue weighted by atomic mass is 10.2. The van der Waals surface area contributed by atoms with Crippen LogP contribution in [-0.4, -0.2) is 34.4 Å². The lowest BCUT2D eigenvalue weighted by molar-refractivity contribution is 0.0950. The zero-order chi connectivity index (χ0) is 15.2. The van der Waals surface area contributed by atoms with Crippen LogP contribution >= 0.6 is 0 Å². The number of hydrogen-bond donors (Lipinski definition) is 2. The molecule has 0 spiro atoms. The average Bonchev–Trinajstić information content (AvgIpc) is 2.54. The van der Waals surface area contributed by atoms with Gasteiger partial charge in [0.25, 0.3) is 11.5 Å². The van der Waals surface area contributed by atoms with Crippen LogP contribution < -0.4 is 16.8 Å². The second kappa shape index (κ2) is 6.73. The fourth-order valence-corrected chi connectivity index (χ4v) is 1.75. The van der Waals surface area contributed by atoms with Gasteiger partial charge in [0.15, 0.2) is 0 Å². The lowest BCUT2D eigenvalue weighted by Gasteiger charge is -2.09. The Morgan fingerprint density at radius 3 is 2.86 bits per heavy atom. The van der Waals surface area contributed by atoms with Crippen LogP contribution in [-0.2, 0) is 11.3 Å². The Kier molecular flexibility index (Phi) is 4.75. The summed E-state index contributed by atoms with van der Waals surface area (Å²) >= 11 is 0. The summed E-state index contributed by atoms with van der Waals surface area (Å²) in [5.74, 6) is 4.43. The Labute approximate surface area is 120 Å². The summed E-state index contributed by atoms with van der Waals surface area (Å²) in [6, 6.07) is 6.66. The minimum atomic E-state index is -0.675. The smallest absolute Gasteiger partial charge is 0.279 e. The highest BCUT2D eigenvalue weighted by molar-refractivity contribution is 5.94. The first-order chi connectivity index (χ1) is 10.2.